The summed E-state index contributed by atoms with van der Waals surface area (Å²) in [7, 11) is -15.3. The quantitative estimate of drug-likeness (QED) is 0.0309. The number of allylic oxidation sites excluding steroid dienone is 1. The van der Waals surface area contributed by atoms with Crippen molar-refractivity contribution in [3.8, 4) is 0 Å². The second-order valence-electron chi connectivity index (χ2n) is 11.9. The van der Waals surface area contributed by atoms with E-state index in [1.807, 2.05) is 0 Å². The first-order chi connectivity index (χ1) is 26.8. The number of fused-ring (bicyclic) bond motifs is 1. The molecule has 0 saturated carbocycles. The van der Waals surface area contributed by atoms with Gasteiger partial charge in [0.05, 0.1) is 39.7 Å². The van der Waals surface area contributed by atoms with Gasteiger partial charge in [-0.3, -0.25) is 23.9 Å². The molecule has 0 bridgehead atoms. The zero-order chi connectivity index (χ0) is 41.3. The molecule has 0 unspecified atom stereocenters. The average molecular weight is 833 g/mol. The number of nitrogens with two attached hydrogens (primary N) is 3. The fraction of sp³-hybridized carbons (Fsp3) is 0. The van der Waals surface area contributed by atoms with Crippen LogP contribution < -0.4 is 27.9 Å². The van der Waals surface area contributed by atoms with Crippen LogP contribution in [0.15, 0.2) is 137 Å². The van der Waals surface area contributed by atoms with Crippen LogP contribution >= 0.6 is 0 Å². The molecule has 0 saturated heterocycles. The lowest BCUT2D eigenvalue weighted by Gasteiger charge is -2.20. The summed E-state index contributed by atoms with van der Waals surface area (Å²) in [6.45, 7) is 0. The molecule has 57 heavy (non-hydrogen) atoms. The maximum Gasteiger partial charge on any atom is 0.296 e. The van der Waals surface area contributed by atoms with Crippen LogP contribution in [-0.4, -0.2) is 50.4 Å². The molecular weight excluding hydrogens is 805 g/mol. The zero-order valence-electron chi connectivity index (χ0n) is 28.7. The molecule has 0 aromatic heterocycles. The minimum absolute atomic E-state index is 0.115. The predicted octanol–water partition coefficient (Wildman–Crippen LogP) is 6.39. The maximum absolute atomic E-state index is 13.7. The van der Waals surface area contributed by atoms with Crippen molar-refractivity contribution in [1.82, 2.24) is 0 Å². The first-order valence-electron chi connectivity index (χ1n) is 15.8. The molecule has 1 aliphatic rings. The van der Waals surface area contributed by atoms with Crippen molar-refractivity contribution in [2.45, 2.75) is 9.79 Å². The van der Waals surface area contributed by atoms with Gasteiger partial charge in [-0.25, -0.2) is 0 Å². The highest BCUT2D eigenvalue weighted by Gasteiger charge is 2.37. The molecule has 0 heterocycles. The monoisotopic (exact) mass is 832 g/mol. The van der Waals surface area contributed by atoms with E-state index in [1.165, 1.54) is 30.3 Å². The lowest BCUT2D eigenvalue weighted by atomic mass is 9.92. The number of hydrogen-bond acceptors (Lipinski definition) is 17. The molecule has 5 aromatic carbocycles. The summed E-state index contributed by atoms with van der Waals surface area (Å²) in [5.74, 6) is -1.19. The number of carbonyl (C=O) groups excluding carboxylic acids is 1. The van der Waals surface area contributed by atoms with Crippen LogP contribution in [-0.2, 0) is 30.4 Å². The zero-order valence-corrected chi connectivity index (χ0v) is 31.2. The fourth-order valence-electron chi connectivity index (χ4n) is 5.27. The molecule has 5 aromatic rings. The van der Waals surface area contributed by atoms with E-state index in [2.05, 4.69) is 36.3 Å². The van der Waals surface area contributed by atoms with Crippen molar-refractivity contribution in [3.63, 3.8) is 0 Å². The number of nitrogens with zero attached hydrogens (tertiary/aromatic N) is 5. The van der Waals surface area contributed by atoms with Gasteiger partial charge in [-0.05, 0) is 90.5 Å². The normalized spacial score (nSPS) is 14.2. The Kier molecular flexibility index (Phi) is 10.7. The summed E-state index contributed by atoms with van der Waals surface area (Å²) in [6.07, 6.45) is 0.725. The van der Waals surface area contributed by atoms with Crippen molar-refractivity contribution >= 4 is 105 Å². The summed E-state index contributed by atoms with van der Waals surface area (Å²) in [5.41, 5.74) is 18.9. The maximum atomic E-state index is 13.7. The molecule has 0 fully saturated rings. The van der Waals surface area contributed by atoms with Gasteiger partial charge in [0.15, 0.2) is 5.71 Å². The number of para-hydroxylation sites is 1. The fourth-order valence-corrected chi connectivity index (χ4v) is 7.27. The molecule has 0 aliphatic heterocycles. The molecule has 0 amide bonds. The van der Waals surface area contributed by atoms with Gasteiger partial charge in [0.2, 0.25) is 5.78 Å². The molecule has 11 N–H and O–H groups in total. The van der Waals surface area contributed by atoms with Crippen molar-refractivity contribution in [1.29, 1.82) is 0 Å². The van der Waals surface area contributed by atoms with Gasteiger partial charge in [-0.1, -0.05) is 18.2 Å². The number of hydrazone groups is 1. The average Bonchev–Trinajstić information content (AvgIpc) is 3.13. The molecule has 292 valence electrons. The highest BCUT2D eigenvalue weighted by Crippen LogP contribution is 2.41. The van der Waals surface area contributed by atoms with Crippen molar-refractivity contribution in [2.24, 2.45) is 25.6 Å². The summed E-state index contributed by atoms with van der Waals surface area (Å²) in [4.78, 5) is 11.0. The van der Waals surface area contributed by atoms with Gasteiger partial charge in [-0.15, -0.1) is 10.2 Å². The minimum atomic E-state index is -5.22. The molecule has 1 aliphatic carbocycles. The van der Waals surface area contributed by atoms with Gasteiger partial charge in [0, 0.05) is 11.4 Å². The number of nitrogen functional groups attached to an aromatic ring is 3. The molecule has 0 radical (unpaired) electrons. The number of benzene rings is 5. The number of rotatable bonds is 11. The number of Topliss-reactive ketones (excluding diaryl/α,β-unsaturated/α-hetero) is 1. The van der Waals surface area contributed by atoms with E-state index in [-0.39, 0.29) is 11.4 Å². The third-order valence-electron chi connectivity index (χ3n) is 7.90. The third-order valence-corrected chi connectivity index (χ3v) is 10.5. The summed E-state index contributed by atoms with van der Waals surface area (Å²) < 4.78 is 104. The van der Waals surface area contributed by atoms with E-state index in [1.54, 1.807) is 54.6 Å². The van der Waals surface area contributed by atoms with Crippen molar-refractivity contribution in [2.75, 3.05) is 27.9 Å². The van der Waals surface area contributed by atoms with E-state index in [4.69, 9.17) is 17.2 Å². The topological polar surface area (TPSA) is 344 Å². The highest BCUT2D eigenvalue weighted by molar-refractivity contribution is 7.91. The van der Waals surface area contributed by atoms with E-state index >= 15 is 0 Å². The third kappa shape index (κ3) is 8.99. The predicted molar refractivity (Wildman–Crippen MR) is 212 cm³/mol. The Labute approximate surface area is 323 Å². The lowest BCUT2D eigenvalue weighted by molar-refractivity contribution is 0.106. The van der Waals surface area contributed by atoms with Crippen LogP contribution in [0.1, 0.15) is 15.9 Å². The molecule has 0 atom stereocenters. The first-order valence-corrected chi connectivity index (χ1v) is 20.2. The van der Waals surface area contributed by atoms with Crippen LogP contribution in [0.25, 0.3) is 6.08 Å². The van der Waals surface area contributed by atoms with Crippen molar-refractivity contribution in [3.05, 3.63) is 113 Å². The Hall–Kier alpha value is -6.89. The Bertz CT molecular complexity index is 2920. The number of nitrogens with one attached hydrogen (secondary N) is 2. The standard InChI is InChI=1S/C34H28N10O10S3/c35-19-6-12-25(24(36)16-19)42-39-22-9-7-20(8-10-22)38-26-13-11-23(17-27(26)55(46,47)48)41-43-32-28(56(49,50)51)14-18-15-29(57(52,53)54)33(34(45)30(18)31(32)37)44-40-21-4-2-1-3-5-21/h1-17,38,40H,35-37H2,(H,46,47,48)(H,49,50,51)(H,52,53,54)/b42-39?,43-41?,44-33-. The van der Waals surface area contributed by atoms with E-state index in [9.17, 15) is 43.7 Å². The van der Waals surface area contributed by atoms with Gasteiger partial charge < -0.3 is 22.5 Å². The number of ketones is 1. The number of anilines is 6. The van der Waals surface area contributed by atoms with Crippen LogP contribution in [0.4, 0.5) is 56.9 Å². The van der Waals surface area contributed by atoms with E-state index in [0.717, 1.165) is 12.1 Å². The summed E-state index contributed by atoms with van der Waals surface area (Å²) >= 11 is 0. The molecule has 6 rings (SSSR count). The second-order valence-corrected chi connectivity index (χ2v) is 16.0. The van der Waals surface area contributed by atoms with Crippen LogP contribution in [0.2, 0.25) is 0 Å². The SMILES string of the molecule is Nc1ccc(N=Nc2ccc(Nc3ccc(N=Nc4c(S(=O)(=O)O)cc5c(c4N)C(=O)/C(=N\Nc4ccccc4)C(S(=O)(=O)O)=C5)cc3S(=O)(=O)O)cc2)c(N)c1. The van der Waals surface area contributed by atoms with Gasteiger partial charge >= 0.3 is 0 Å². The van der Waals surface area contributed by atoms with Gasteiger partial charge in [-0.2, -0.15) is 40.6 Å². The number of hydrogen-bond donors (Lipinski definition) is 8. The smallest absolute Gasteiger partial charge is 0.296 e. The van der Waals surface area contributed by atoms with E-state index in [0.29, 0.717) is 40.2 Å². The largest absolute Gasteiger partial charge is 0.399 e. The van der Waals surface area contributed by atoms with Crippen LogP contribution in [0, 0.1) is 0 Å². The Morgan fingerprint density at radius 3 is 1.89 bits per heavy atom. The minimum Gasteiger partial charge on any atom is -0.399 e. The van der Waals surface area contributed by atoms with Gasteiger partial charge in [0.1, 0.15) is 26.1 Å². The Morgan fingerprint density at radius 1 is 0.614 bits per heavy atom. The first kappa shape index (κ1) is 39.8. The number of azo groups is 2. The summed E-state index contributed by atoms with van der Waals surface area (Å²) in [5, 5.41) is 22.5. The van der Waals surface area contributed by atoms with Crippen LogP contribution in [0.3, 0.4) is 0 Å². The Balaban J connectivity index is 1.34. The Morgan fingerprint density at radius 2 is 1.26 bits per heavy atom. The molecule has 20 nitrogen and oxygen atoms in total. The van der Waals surface area contributed by atoms with Crippen LogP contribution in [0.5, 0.6) is 0 Å². The van der Waals surface area contributed by atoms with E-state index < -0.39 is 79.0 Å². The second kappa shape index (κ2) is 15.3. The number of carbonyl (C=O) groups is 1. The van der Waals surface area contributed by atoms with Gasteiger partial charge in [0.25, 0.3) is 30.4 Å². The molecule has 23 heteroatoms. The molecule has 0 spiro atoms. The summed E-state index contributed by atoms with van der Waals surface area (Å²) in [6, 6.07) is 22.9. The lowest BCUT2D eigenvalue weighted by Crippen LogP contribution is -2.28. The van der Waals surface area contributed by atoms with Crippen molar-refractivity contribution < 1.29 is 43.7 Å². The molecular formula is C34H28N10O10S3. The highest BCUT2D eigenvalue weighted by atomic mass is 32.2.